The third kappa shape index (κ3) is 2.95. The molecule has 0 bridgehead atoms. The van der Waals surface area contributed by atoms with Crippen molar-refractivity contribution in [2.45, 2.75) is 46.3 Å². The van der Waals surface area contributed by atoms with E-state index < -0.39 is 6.04 Å². The van der Waals surface area contributed by atoms with Crippen LogP contribution in [-0.4, -0.2) is 41.1 Å². The van der Waals surface area contributed by atoms with Gasteiger partial charge in [0, 0.05) is 13.1 Å². The summed E-state index contributed by atoms with van der Waals surface area (Å²) in [5.41, 5.74) is 5.74. The number of hydrogen-bond donors (Lipinski definition) is 2. The number of amides is 1. The fraction of sp³-hybridized carbons (Fsp3) is 0.917. The number of hydrogen-bond acceptors (Lipinski definition) is 3. The number of aliphatic hydroxyl groups excluding tert-OH is 1. The summed E-state index contributed by atoms with van der Waals surface area (Å²) in [7, 11) is 0. The number of carbonyl (C=O) groups is 1. The Morgan fingerprint density at radius 3 is 2.50 bits per heavy atom. The van der Waals surface area contributed by atoms with E-state index in [0.717, 1.165) is 0 Å². The number of rotatable bonds is 1. The summed E-state index contributed by atoms with van der Waals surface area (Å²) >= 11 is 0. The van der Waals surface area contributed by atoms with Gasteiger partial charge in [-0.3, -0.25) is 4.79 Å². The Morgan fingerprint density at radius 2 is 2.06 bits per heavy atom. The lowest BCUT2D eigenvalue weighted by Crippen LogP contribution is -2.54. The maximum atomic E-state index is 12.1. The summed E-state index contributed by atoms with van der Waals surface area (Å²) in [6, 6.07) is -0.463. The lowest BCUT2D eigenvalue weighted by atomic mass is 9.85. The third-order valence-electron chi connectivity index (χ3n) is 3.37. The van der Waals surface area contributed by atoms with E-state index in [4.69, 9.17) is 5.73 Å². The number of likely N-dealkylation sites (tertiary alicyclic amines) is 1. The van der Waals surface area contributed by atoms with Crippen molar-refractivity contribution in [2.24, 2.45) is 17.1 Å². The molecule has 4 heteroatoms. The van der Waals surface area contributed by atoms with Gasteiger partial charge in [0.05, 0.1) is 12.1 Å². The van der Waals surface area contributed by atoms with Gasteiger partial charge in [0.1, 0.15) is 0 Å². The zero-order chi connectivity index (χ0) is 12.5. The van der Waals surface area contributed by atoms with Crippen LogP contribution < -0.4 is 5.73 Å². The van der Waals surface area contributed by atoms with E-state index in [1.54, 1.807) is 4.90 Å². The third-order valence-corrected chi connectivity index (χ3v) is 3.37. The molecule has 3 atom stereocenters. The van der Waals surface area contributed by atoms with E-state index in [9.17, 15) is 9.90 Å². The largest absolute Gasteiger partial charge is 0.393 e. The molecule has 0 aromatic carbocycles. The minimum atomic E-state index is -0.463. The molecule has 0 radical (unpaired) electrons. The molecular weight excluding hydrogens is 204 g/mol. The average Bonchev–Trinajstić information content (AvgIpc) is 2.18. The zero-order valence-electron chi connectivity index (χ0n) is 10.7. The quantitative estimate of drug-likeness (QED) is 0.690. The molecule has 4 nitrogen and oxygen atoms in total. The second-order valence-electron chi connectivity index (χ2n) is 5.96. The molecule has 1 fully saturated rings. The van der Waals surface area contributed by atoms with Crippen molar-refractivity contribution >= 4 is 5.91 Å². The minimum Gasteiger partial charge on any atom is -0.393 e. The predicted molar refractivity (Wildman–Crippen MR) is 63.8 cm³/mol. The summed E-state index contributed by atoms with van der Waals surface area (Å²) in [6.07, 6.45) is 0.374. The Hall–Kier alpha value is -0.610. The molecule has 16 heavy (non-hydrogen) atoms. The van der Waals surface area contributed by atoms with Crippen LogP contribution in [0, 0.1) is 11.3 Å². The van der Waals surface area contributed by atoms with Crippen LogP contribution in [0.5, 0.6) is 0 Å². The van der Waals surface area contributed by atoms with E-state index in [1.807, 2.05) is 27.7 Å². The first kappa shape index (κ1) is 13.5. The zero-order valence-corrected chi connectivity index (χ0v) is 10.7. The lowest BCUT2D eigenvalue weighted by Gasteiger charge is -2.38. The summed E-state index contributed by atoms with van der Waals surface area (Å²) in [6.45, 7) is 9.11. The van der Waals surface area contributed by atoms with Crippen LogP contribution in [0.15, 0.2) is 0 Å². The summed E-state index contributed by atoms with van der Waals surface area (Å²) in [4.78, 5) is 13.9. The highest BCUT2D eigenvalue weighted by molar-refractivity contribution is 5.82. The highest BCUT2D eigenvalue weighted by Crippen LogP contribution is 2.22. The Bertz CT molecular complexity index is 260. The van der Waals surface area contributed by atoms with Gasteiger partial charge in [-0.15, -0.1) is 0 Å². The van der Waals surface area contributed by atoms with Gasteiger partial charge in [0.15, 0.2) is 0 Å². The van der Waals surface area contributed by atoms with Crippen molar-refractivity contribution < 1.29 is 9.90 Å². The SMILES string of the molecule is CC1CN(C(=O)[C@@H](N)C(C)(C)C)CCC1O. The molecule has 3 N–H and O–H groups in total. The number of aliphatic hydroxyl groups is 1. The summed E-state index contributed by atoms with van der Waals surface area (Å²) < 4.78 is 0. The van der Waals surface area contributed by atoms with E-state index in [1.165, 1.54) is 0 Å². The molecule has 1 aliphatic heterocycles. The van der Waals surface area contributed by atoms with Gasteiger partial charge < -0.3 is 15.7 Å². The molecule has 1 rings (SSSR count). The van der Waals surface area contributed by atoms with E-state index in [0.29, 0.717) is 19.5 Å². The number of nitrogens with zero attached hydrogens (tertiary/aromatic N) is 1. The first-order valence-electron chi connectivity index (χ1n) is 5.96. The van der Waals surface area contributed by atoms with E-state index in [-0.39, 0.29) is 23.3 Å². The second-order valence-corrected chi connectivity index (χ2v) is 5.96. The first-order valence-corrected chi connectivity index (χ1v) is 5.96. The summed E-state index contributed by atoms with van der Waals surface area (Å²) in [5.74, 6) is 0.149. The molecule has 1 amide bonds. The van der Waals surface area contributed by atoms with Crippen molar-refractivity contribution in [1.29, 1.82) is 0 Å². The molecule has 1 saturated heterocycles. The highest BCUT2D eigenvalue weighted by Gasteiger charge is 2.34. The van der Waals surface area contributed by atoms with Gasteiger partial charge in [0.25, 0.3) is 0 Å². The molecule has 0 aliphatic carbocycles. The van der Waals surface area contributed by atoms with Gasteiger partial charge in [-0.25, -0.2) is 0 Å². The molecule has 1 heterocycles. The van der Waals surface area contributed by atoms with Gasteiger partial charge in [0.2, 0.25) is 5.91 Å². The topological polar surface area (TPSA) is 66.6 Å². The number of carbonyl (C=O) groups excluding carboxylic acids is 1. The first-order chi connectivity index (χ1) is 7.23. The standard InChI is InChI=1S/C12H24N2O2/c1-8-7-14(6-5-9(8)15)11(16)10(13)12(2,3)4/h8-10,15H,5-7,13H2,1-4H3/t8?,9?,10-/m1/s1. The molecule has 0 spiro atoms. The van der Waals surface area contributed by atoms with E-state index >= 15 is 0 Å². The van der Waals surface area contributed by atoms with Crippen LogP contribution in [0.4, 0.5) is 0 Å². The number of nitrogens with two attached hydrogens (primary N) is 1. The molecule has 0 saturated carbocycles. The Kier molecular flexibility index (Phi) is 3.97. The van der Waals surface area contributed by atoms with Gasteiger partial charge >= 0.3 is 0 Å². The maximum Gasteiger partial charge on any atom is 0.240 e. The molecule has 0 aromatic heterocycles. The van der Waals surface area contributed by atoms with Crippen molar-refractivity contribution in [3.05, 3.63) is 0 Å². The van der Waals surface area contributed by atoms with Crippen LogP contribution >= 0.6 is 0 Å². The van der Waals surface area contributed by atoms with Crippen molar-refractivity contribution in [2.75, 3.05) is 13.1 Å². The van der Waals surface area contributed by atoms with Gasteiger partial charge in [-0.1, -0.05) is 27.7 Å². The molecule has 2 unspecified atom stereocenters. The Labute approximate surface area is 97.8 Å². The Morgan fingerprint density at radius 1 is 1.50 bits per heavy atom. The van der Waals surface area contributed by atoms with Crippen LogP contribution in [0.25, 0.3) is 0 Å². The maximum absolute atomic E-state index is 12.1. The van der Waals surface area contributed by atoms with Crippen molar-refractivity contribution in [3.63, 3.8) is 0 Å². The van der Waals surface area contributed by atoms with Crippen LogP contribution in [0.1, 0.15) is 34.1 Å². The molecule has 1 aliphatic rings. The Balaban J connectivity index is 2.62. The molecule has 0 aromatic rings. The second kappa shape index (κ2) is 4.72. The van der Waals surface area contributed by atoms with E-state index in [2.05, 4.69) is 0 Å². The van der Waals surface area contributed by atoms with Crippen LogP contribution in [-0.2, 0) is 4.79 Å². The normalized spacial score (nSPS) is 29.0. The van der Waals surface area contributed by atoms with Crippen molar-refractivity contribution in [3.8, 4) is 0 Å². The highest BCUT2D eigenvalue weighted by atomic mass is 16.3. The lowest BCUT2D eigenvalue weighted by molar-refractivity contribution is -0.138. The molecular formula is C12H24N2O2. The van der Waals surface area contributed by atoms with Crippen LogP contribution in [0.2, 0.25) is 0 Å². The minimum absolute atomic E-state index is 0.00579. The fourth-order valence-corrected chi connectivity index (χ4v) is 1.90. The predicted octanol–water partition coefficient (Wildman–Crippen LogP) is 0.589. The average molecular weight is 228 g/mol. The molecule has 94 valence electrons. The fourth-order valence-electron chi connectivity index (χ4n) is 1.90. The number of piperidine rings is 1. The van der Waals surface area contributed by atoms with Gasteiger partial charge in [-0.05, 0) is 17.8 Å². The summed E-state index contributed by atoms with van der Waals surface area (Å²) in [5, 5.41) is 9.61. The van der Waals surface area contributed by atoms with Crippen molar-refractivity contribution in [1.82, 2.24) is 4.90 Å². The van der Waals surface area contributed by atoms with Crippen LogP contribution in [0.3, 0.4) is 0 Å². The smallest absolute Gasteiger partial charge is 0.240 e. The monoisotopic (exact) mass is 228 g/mol. The van der Waals surface area contributed by atoms with Gasteiger partial charge in [-0.2, -0.15) is 0 Å².